The van der Waals surface area contributed by atoms with E-state index in [1.807, 2.05) is 65.7 Å². The smallest absolute Gasteiger partial charge is 0.264 e. The van der Waals surface area contributed by atoms with Crippen molar-refractivity contribution in [3.05, 3.63) is 82.4 Å². The summed E-state index contributed by atoms with van der Waals surface area (Å²) in [6.45, 7) is 2.48. The van der Waals surface area contributed by atoms with E-state index >= 15 is 0 Å². The molecule has 0 radical (unpaired) electrons. The quantitative estimate of drug-likeness (QED) is 0.337. The minimum atomic E-state index is -0.103. The van der Waals surface area contributed by atoms with Crippen LogP contribution in [0.1, 0.15) is 34.1 Å². The molecular formula is C25H25N3O4S. The lowest BCUT2D eigenvalue weighted by Gasteiger charge is -2.29. The summed E-state index contributed by atoms with van der Waals surface area (Å²) in [5.74, 6) is 2.12. The lowest BCUT2D eigenvalue weighted by Crippen LogP contribution is -2.35. The number of hydrogen-bond donors (Lipinski definition) is 0. The van der Waals surface area contributed by atoms with Crippen molar-refractivity contribution in [2.45, 2.75) is 19.4 Å². The second kappa shape index (κ2) is 10.3. The first-order valence-electron chi connectivity index (χ1n) is 10.5. The van der Waals surface area contributed by atoms with Crippen LogP contribution < -0.4 is 9.47 Å². The van der Waals surface area contributed by atoms with Crippen LogP contribution in [0, 0.1) is 0 Å². The summed E-state index contributed by atoms with van der Waals surface area (Å²) in [7, 11) is 3.17. The summed E-state index contributed by atoms with van der Waals surface area (Å²) in [6.07, 6.45) is 0.439. The van der Waals surface area contributed by atoms with Crippen LogP contribution >= 0.6 is 11.3 Å². The Bertz CT molecular complexity index is 1190. The maximum atomic E-state index is 13.2. The van der Waals surface area contributed by atoms with Gasteiger partial charge in [0.05, 0.1) is 25.1 Å². The maximum Gasteiger partial charge on any atom is 0.264 e. The molecule has 170 valence electrons. The normalized spacial score (nSPS) is 11.7. The minimum absolute atomic E-state index is 0.0130. The van der Waals surface area contributed by atoms with Crippen LogP contribution in [0.15, 0.2) is 70.6 Å². The standard InChI is InChI=1S/C25H25N3O4S/c1-17(18-8-5-4-6-9-18)28(25(29)22-10-7-15-33-22)14-13-23-26-24(27-32-23)19-11-12-20(30-2)21(16-19)31-3/h4-12,15-17H,13-14H2,1-3H3/t17-/m0/s1. The third kappa shape index (κ3) is 5.06. The van der Waals surface area contributed by atoms with E-state index in [4.69, 9.17) is 14.0 Å². The number of benzene rings is 2. The Morgan fingerprint density at radius 2 is 1.85 bits per heavy atom. The number of carbonyl (C=O) groups excluding carboxylic acids is 1. The molecule has 2 aromatic carbocycles. The lowest BCUT2D eigenvalue weighted by molar-refractivity contribution is 0.0694. The Morgan fingerprint density at radius 3 is 2.55 bits per heavy atom. The number of carbonyl (C=O) groups is 1. The van der Waals surface area contributed by atoms with Gasteiger partial charge in [0.2, 0.25) is 11.7 Å². The summed E-state index contributed by atoms with van der Waals surface area (Å²) < 4.78 is 16.1. The molecule has 4 rings (SSSR count). The molecule has 0 saturated heterocycles. The Balaban J connectivity index is 1.53. The number of amides is 1. The molecule has 8 heteroatoms. The third-order valence-electron chi connectivity index (χ3n) is 5.42. The van der Waals surface area contributed by atoms with Crippen LogP contribution in [-0.2, 0) is 6.42 Å². The van der Waals surface area contributed by atoms with E-state index in [0.29, 0.717) is 41.1 Å². The predicted octanol–water partition coefficient (Wildman–Crippen LogP) is 5.26. The van der Waals surface area contributed by atoms with Crippen molar-refractivity contribution < 1.29 is 18.8 Å². The molecule has 0 N–H and O–H groups in total. The first-order chi connectivity index (χ1) is 16.1. The average molecular weight is 464 g/mol. The molecule has 4 aromatic rings. The molecular weight excluding hydrogens is 438 g/mol. The number of nitrogens with zero attached hydrogens (tertiary/aromatic N) is 3. The second-order valence-corrected chi connectivity index (χ2v) is 8.34. The van der Waals surface area contributed by atoms with Gasteiger partial charge in [-0.2, -0.15) is 4.98 Å². The summed E-state index contributed by atoms with van der Waals surface area (Å²) >= 11 is 1.44. The SMILES string of the molecule is COc1ccc(-c2noc(CCN(C(=O)c3cccs3)[C@@H](C)c3ccccc3)n2)cc1OC. The first-order valence-corrected chi connectivity index (χ1v) is 11.4. The van der Waals surface area contributed by atoms with E-state index in [9.17, 15) is 4.79 Å². The molecule has 7 nitrogen and oxygen atoms in total. The number of rotatable bonds is 9. The van der Waals surface area contributed by atoms with Gasteiger partial charge >= 0.3 is 0 Å². The van der Waals surface area contributed by atoms with Crippen molar-refractivity contribution in [2.24, 2.45) is 0 Å². The molecule has 33 heavy (non-hydrogen) atoms. The highest BCUT2D eigenvalue weighted by atomic mass is 32.1. The van der Waals surface area contributed by atoms with Crippen LogP contribution in [0.2, 0.25) is 0 Å². The van der Waals surface area contributed by atoms with Crippen LogP contribution in [0.25, 0.3) is 11.4 Å². The molecule has 0 aliphatic carbocycles. The summed E-state index contributed by atoms with van der Waals surface area (Å²) in [6, 6.07) is 19.1. The van der Waals surface area contributed by atoms with Crippen molar-refractivity contribution >= 4 is 17.2 Å². The van der Waals surface area contributed by atoms with Crippen molar-refractivity contribution in [2.75, 3.05) is 20.8 Å². The van der Waals surface area contributed by atoms with Crippen LogP contribution in [0.3, 0.4) is 0 Å². The largest absolute Gasteiger partial charge is 0.493 e. The zero-order chi connectivity index (χ0) is 23.2. The van der Waals surface area contributed by atoms with Gasteiger partial charge in [0.15, 0.2) is 11.5 Å². The average Bonchev–Trinajstić information content (AvgIpc) is 3.57. The van der Waals surface area contributed by atoms with Crippen molar-refractivity contribution in [1.29, 1.82) is 0 Å². The van der Waals surface area contributed by atoms with Crippen LogP contribution in [0.5, 0.6) is 11.5 Å². The van der Waals surface area contributed by atoms with Gasteiger partial charge in [-0.3, -0.25) is 4.79 Å². The molecule has 0 bridgehead atoms. The Morgan fingerprint density at radius 1 is 1.06 bits per heavy atom. The molecule has 0 spiro atoms. The third-order valence-corrected chi connectivity index (χ3v) is 6.28. The van der Waals surface area contributed by atoms with Gasteiger partial charge in [-0.25, -0.2) is 0 Å². The molecule has 0 unspecified atom stereocenters. The predicted molar refractivity (Wildman–Crippen MR) is 127 cm³/mol. The summed E-state index contributed by atoms with van der Waals surface area (Å²) in [5, 5.41) is 6.02. The Kier molecular flexibility index (Phi) is 7.04. The molecule has 2 aromatic heterocycles. The maximum absolute atomic E-state index is 13.2. The number of thiophene rings is 1. The van der Waals surface area contributed by atoms with E-state index in [2.05, 4.69) is 10.1 Å². The highest BCUT2D eigenvalue weighted by Gasteiger charge is 2.24. The monoisotopic (exact) mass is 463 g/mol. The molecule has 1 atom stereocenters. The highest BCUT2D eigenvalue weighted by Crippen LogP contribution is 2.31. The number of aromatic nitrogens is 2. The van der Waals surface area contributed by atoms with Gasteiger partial charge in [-0.1, -0.05) is 41.6 Å². The van der Waals surface area contributed by atoms with Crippen molar-refractivity contribution in [1.82, 2.24) is 15.0 Å². The highest BCUT2D eigenvalue weighted by molar-refractivity contribution is 7.12. The van der Waals surface area contributed by atoms with Crippen molar-refractivity contribution in [3.63, 3.8) is 0 Å². The van der Waals surface area contributed by atoms with Gasteiger partial charge in [-0.15, -0.1) is 11.3 Å². The van der Waals surface area contributed by atoms with Gasteiger partial charge in [0.25, 0.3) is 5.91 Å². The molecule has 0 aliphatic heterocycles. The van der Waals surface area contributed by atoms with Gasteiger partial charge in [0, 0.05) is 18.5 Å². The van der Waals surface area contributed by atoms with Gasteiger partial charge in [-0.05, 0) is 42.1 Å². The first kappa shape index (κ1) is 22.5. The number of ether oxygens (including phenoxy) is 2. The Labute approximate surface area is 196 Å². The minimum Gasteiger partial charge on any atom is -0.493 e. The number of methoxy groups -OCH3 is 2. The van der Waals surface area contributed by atoms with E-state index in [1.54, 1.807) is 26.4 Å². The van der Waals surface area contributed by atoms with Crippen LogP contribution in [0.4, 0.5) is 0 Å². The van der Waals surface area contributed by atoms with E-state index in [1.165, 1.54) is 11.3 Å². The lowest BCUT2D eigenvalue weighted by atomic mass is 10.1. The van der Waals surface area contributed by atoms with Crippen molar-refractivity contribution in [3.8, 4) is 22.9 Å². The fourth-order valence-corrected chi connectivity index (χ4v) is 4.27. The van der Waals surface area contributed by atoms with E-state index in [-0.39, 0.29) is 11.9 Å². The topological polar surface area (TPSA) is 77.7 Å². The molecule has 0 fully saturated rings. The van der Waals surface area contributed by atoms with Crippen LogP contribution in [-0.4, -0.2) is 41.7 Å². The molecule has 0 aliphatic rings. The van der Waals surface area contributed by atoms with Gasteiger partial charge < -0.3 is 18.9 Å². The molecule has 2 heterocycles. The van der Waals surface area contributed by atoms with E-state index in [0.717, 1.165) is 11.1 Å². The fourth-order valence-electron chi connectivity index (χ4n) is 3.59. The summed E-state index contributed by atoms with van der Waals surface area (Å²) in [4.78, 5) is 20.3. The zero-order valence-corrected chi connectivity index (χ0v) is 19.5. The fraction of sp³-hybridized carbons (Fsp3) is 0.240. The second-order valence-electron chi connectivity index (χ2n) is 7.39. The summed E-state index contributed by atoms with van der Waals surface area (Å²) in [5.41, 5.74) is 1.82. The van der Waals surface area contributed by atoms with E-state index < -0.39 is 0 Å². The molecule has 1 amide bonds. The van der Waals surface area contributed by atoms with Gasteiger partial charge in [0.1, 0.15) is 0 Å². The molecule has 0 saturated carbocycles. The number of hydrogen-bond acceptors (Lipinski definition) is 7. The zero-order valence-electron chi connectivity index (χ0n) is 18.7. The Hall–Kier alpha value is -3.65.